The third kappa shape index (κ3) is 4.12. The molecule has 2 nitrogen and oxygen atoms in total. The molecule has 0 aliphatic carbocycles. The summed E-state index contributed by atoms with van der Waals surface area (Å²) in [4.78, 5) is 5.99. The van der Waals surface area contributed by atoms with E-state index in [4.69, 9.17) is 0 Å². The fraction of sp³-hybridized carbons (Fsp3) is 0.438. The molecule has 0 aliphatic rings. The minimum atomic E-state index is -0.184. The lowest BCUT2D eigenvalue weighted by atomic mass is 10.1. The van der Waals surface area contributed by atoms with Gasteiger partial charge in [-0.25, -0.2) is 9.37 Å². The molecular weight excluding hydrogens is 271 g/mol. The Bertz CT molecular complexity index is 563. The third-order valence-electron chi connectivity index (χ3n) is 3.07. The number of nitrogens with one attached hydrogen (secondary N) is 1. The van der Waals surface area contributed by atoms with Gasteiger partial charge in [-0.05, 0) is 24.1 Å². The maximum absolute atomic E-state index is 13.2. The maximum atomic E-state index is 13.2. The van der Waals surface area contributed by atoms with E-state index in [9.17, 15) is 4.39 Å². The zero-order valence-electron chi connectivity index (χ0n) is 12.2. The molecule has 0 fully saturated rings. The van der Waals surface area contributed by atoms with Crippen LogP contribution in [0.4, 0.5) is 4.39 Å². The molecule has 1 heterocycles. The monoisotopic (exact) mass is 292 g/mol. The zero-order valence-corrected chi connectivity index (χ0v) is 13.1. The maximum Gasteiger partial charge on any atom is 0.123 e. The number of benzene rings is 1. The van der Waals surface area contributed by atoms with Crippen LogP contribution in [-0.4, -0.2) is 11.0 Å². The Kier molecular flexibility index (Phi) is 5.26. The van der Waals surface area contributed by atoms with E-state index in [1.165, 1.54) is 10.9 Å². The highest BCUT2D eigenvalue weighted by molar-refractivity contribution is 7.11. The second-order valence-electron chi connectivity index (χ2n) is 5.17. The van der Waals surface area contributed by atoms with Crippen molar-refractivity contribution in [1.82, 2.24) is 10.3 Å². The van der Waals surface area contributed by atoms with Gasteiger partial charge >= 0.3 is 0 Å². The van der Waals surface area contributed by atoms with Crippen LogP contribution in [0.1, 0.15) is 41.9 Å². The summed E-state index contributed by atoms with van der Waals surface area (Å²) >= 11 is 1.73. The first-order valence-corrected chi connectivity index (χ1v) is 7.85. The van der Waals surface area contributed by atoms with Crippen LogP contribution in [0.2, 0.25) is 0 Å². The average Bonchev–Trinajstić information content (AvgIpc) is 2.78. The molecule has 1 aromatic heterocycles. The van der Waals surface area contributed by atoms with Gasteiger partial charge < -0.3 is 5.32 Å². The lowest BCUT2D eigenvalue weighted by molar-refractivity contribution is 0.590. The van der Waals surface area contributed by atoms with Gasteiger partial charge in [0.25, 0.3) is 0 Å². The van der Waals surface area contributed by atoms with Gasteiger partial charge in [0.2, 0.25) is 0 Å². The van der Waals surface area contributed by atoms with E-state index in [1.807, 2.05) is 6.07 Å². The van der Waals surface area contributed by atoms with Crippen molar-refractivity contribution in [3.05, 3.63) is 51.2 Å². The van der Waals surface area contributed by atoms with E-state index in [0.717, 1.165) is 29.2 Å². The lowest BCUT2D eigenvalue weighted by Crippen LogP contribution is -2.21. The quantitative estimate of drug-likeness (QED) is 0.872. The summed E-state index contributed by atoms with van der Waals surface area (Å²) in [5.74, 6) is -0.184. The first kappa shape index (κ1) is 15.1. The number of thiazole rings is 1. The third-order valence-corrected chi connectivity index (χ3v) is 4.17. The minimum Gasteiger partial charge on any atom is -0.310 e. The first-order valence-electron chi connectivity index (χ1n) is 7.03. The predicted octanol–water partition coefficient (Wildman–Crippen LogP) is 3.93. The summed E-state index contributed by atoms with van der Waals surface area (Å²) in [5, 5.41) is 4.50. The molecule has 0 atom stereocenters. The molecule has 2 rings (SSSR count). The van der Waals surface area contributed by atoms with Crippen molar-refractivity contribution in [2.75, 3.05) is 0 Å². The molecule has 1 N–H and O–H groups in total. The number of rotatable bonds is 6. The molecule has 4 heteroatoms. The molecular formula is C16H21FN2S. The summed E-state index contributed by atoms with van der Waals surface area (Å²) < 4.78 is 13.2. The van der Waals surface area contributed by atoms with Crippen molar-refractivity contribution in [2.24, 2.45) is 0 Å². The van der Waals surface area contributed by atoms with Crippen LogP contribution in [0, 0.1) is 5.82 Å². The van der Waals surface area contributed by atoms with Crippen molar-refractivity contribution in [2.45, 2.75) is 46.2 Å². The van der Waals surface area contributed by atoms with E-state index >= 15 is 0 Å². The molecule has 0 amide bonds. The van der Waals surface area contributed by atoms with Crippen LogP contribution >= 0.6 is 11.3 Å². The second-order valence-corrected chi connectivity index (χ2v) is 6.34. The van der Waals surface area contributed by atoms with Crippen LogP contribution in [0.25, 0.3) is 0 Å². The van der Waals surface area contributed by atoms with Gasteiger partial charge in [0.15, 0.2) is 0 Å². The molecule has 108 valence electrons. The molecule has 0 bridgehead atoms. The molecule has 20 heavy (non-hydrogen) atoms. The van der Waals surface area contributed by atoms with Gasteiger partial charge in [-0.1, -0.05) is 32.9 Å². The van der Waals surface area contributed by atoms with Gasteiger partial charge in [0.1, 0.15) is 5.82 Å². The number of hydrogen-bond donors (Lipinski definition) is 1. The molecule has 0 spiro atoms. The van der Waals surface area contributed by atoms with Gasteiger partial charge in [-0.15, -0.1) is 11.3 Å². The normalized spacial score (nSPS) is 11.2. The van der Waals surface area contributed by atoms with Crippen LogP contribution in [-0.2, 0) is 19.4 Å². The average molecular weight is 292 g/mol. The molecule has 2 aromatic rings. The van der Waals surface area contributed by atoms with Crippen LogP contribution in [0.5, 0.6) is 0 Å². The number of nitrogens with zero attached hydrogens (tertiary/aromatic N) is 1. The minimum absolute atomic E-state index is 0.184. The van der Waals surface area contributed by atoms with E-state index < -0.39 is 0 Å². The number of hydrogen-bond acceptors (Lipinski definition) is 3. The highest BCUT2D eigenvalue weighted by Gasteiger charge is 2.10. The Hall–Kier alpha value is -1.26. The van der Waals surface area contributed by atoms with Crippen LogP contribution in [0.3, 0.4) is 0 Å². The Morgan fingerprint density at radius 1 is 1.35 bits per heavy atom. The van der Waals surface area contributed by atoms with E-state index in [0.29, 0.717) is 12.5 Å². The summed E-state index contributed by atoms with van der Waals surface area (Å²) in [6.45, 7) is 7.27. The summed E-state index contributed by atoms with van der Waals surface area (Å²) in [5.41, 5.74) is 2.14. The molecule has 0 saturated carbocycles. The van der Waals surface area contributed by atoms with Crippen molar-refractivity contribution in [3.63, 3.8) is 0 Å². The van der Waals surface area contributed by atoms with Gasteiger partial charge in [0.05, 0.1) is 10.7 Å². The summed E-state index contributed by atoms with van der Waals surface area (Å²) in [7, 11) is 0. The van der Waals surface area contributed by atoms with Crippen molar-refractivity contribution < 1.29 is 4.39 Å². The number of aromatic nitrogens is 1. The first-order chi connectivity index (χ1) is 9.58. The molecule has 0 saturated heterocycles. The smallest absolute Gasteiger partial charge is 0.123 e. The molecule has 1 aromatic carbocycles. The topological polar surface area (TPSA) is 24.9 Å². The fourth-order valence-corrected chi connectivity index (χ4v) is 3.19. The number of halogens is 1. The van der Waals surface area contributed by atoms with Gasteiger partial charge in [-0.3, -0.25) is 0 Å². The van der Waals surface area contributed by atoms with Crippen molar-refractivity contribution in [3.8, 4) is 0 Å². The fourth-order valence-electron chi connectivity index (χ4n) is 2.05. The Labute approximate surface area is 124 Å². The Morgan fingerprint density at radius 2 is 2.15 bits per heavy atom. The molecule has 0 radical (unpaired) electrons. The summed E-state index contributed by atoms with van der Waals surface area (Å²) in [6.07, 6.45) is 1.64. The van der Waals surface area contributed by atoms with Crippen molar-refractivity contribution in [1.29, 1.82) is 0 Å². The van der Waals surface area contributed by atoms with E-state index in [-0.39, 0.29) is 5.82 Å². The standard InChI is InChI=1S/C16H21FN2S/c1-4-14-15(10-18-11(2)3)20-16(19-14)9-12-6-5-7-13(17)8-12/h5-8,11,18H,4,9-10H2,1-3H3. The SMILES string of the molecule is CCc1nc(Cc2cccc(F)c2)sc1CNC(C)C. The largest absolute Gasteiger partial charge is 0.310 e. The van der Waals surface area contributed by atoms with Gasteiger partial charge in [-0.2, -0.15) is 0 Å². The predicted molar refractivity (Wildman–Crippen MR) is 82.7 cm³/mol. The van der Waals surface area contributed by atoms with Crippen LogP contribution < -0.4 is 5.32 Å². The molecule has 0 aliphatic heterocycles. The van der Waals surface area contributed by atoms with E-state index in [2.05, 4.69) is 31.1 Å². The lowest BCUT2D eigenvalue weighted by Gasteiger charge is -2.06. The number of aryl methyl sites for hydroxylation is 1. The highest BCUT2D eigenvalue weighted by atomic mass is 32.1. The Balaban J connectivity index is 2.12. The highest BCUT2D eigenvalue weighted by Crippen LogP contribution is 2.22. The molecule has 0 unspecified atom stereocenters. The second kappa shape index (κ2) is 6.95. The Morgan fingerprint density at radius 3 is 2.80 bits per heavy atom. The van der Waals surface area contributed by atoms with Gasteiger partial charge in [0, 0.05) is 23.9 Å². The summed E-state index contributed by atoms with van der Waals surface area (Å²) in [6, 6.07) is 7.22. The van der Waals surface area contributed by atoms with Crippen LogP contribution in [0.15, 0.2) is 24.3 Å². The zero-order chi connectivity index (χ0) is 14.5. The van der Waals surface area contributed by atoms with Crippen molar-refractivity contribution >= 4 is 11.3 Å². The van der Waals surface area contributed by atoms with E-state index in [1.54, 1.807) is 23.5 Å².